The molecular formula is C15H26N4O4. The Balaban J connectivity index is 2.61. The lowest BCUT2D eigenvalue weighted by Crippen LogP contribution is -2.44. The number of nitrogens with zero attached hydrogens (tertiary/aromatic N) is 2. The second kappa shape index (κ2) is 6.99. The first kappa shape index (κ1) is 19.0. The number of alkyl carbamates (subject to hydrolysis) is 1. The highest BCUT2D eigenvalue weighted by molar-refractivity contribution is 5.95. The maximum atomic E-state index is 12.1. The third kappa shape index (κ3) is 5.90. The van der Waals surface area contributed by atoms with E-state index in [2.05, 4.69) is 15.6 Å². The molecule has 1 rings (SSSR count). The number of amides is 2. The van der Waals surface area contributed by atoms with Crippen LogP contribution >= 0.6 is 0 Å². The Kier molecular flexibility index (Phi) is 5.76. The molecule has 130 valence electrons. The summed E-state index contributed by atoms with van der Waals surface area (Å²) in [6.45, 7) is 10.4. The maximum absolute atomic E-state index is 12.1. The van der Waals surface area contributed by atoms with Crippen molar-refractivity contribution < 1.29 is 19.4 Å². The summed E-state index contributed by atoms with van der Waals surface area (Å²) in [7, 11) is 0. The Labute approximate surface area is 136 Å². The third-order valence-corrected chi connectivity index (χ3v) is 3.05. The first-order valence-corrected chi connectivity index (χ1v) is 7.40. The van der Waals surface area contributed by atoms with Gasteiger partial charge in [-0.25, -0.2) is 9.78 Å². The van der Waals surface area contributed by atoms with E-state index >= 15 is 0 Å². The van der Waals surface area contributed by atoms with Gasteiger partial charge < -0.3 is 25.0 Å². The number of carbonyl (C=O) groups is 2. The van der Waals surface area contributed by atoms with Gasteiger partial charge in [0.15, 0.2) is 5.82 Å². The van der Waals surface area contributed by atoms with Gasteiger partial charge in [0.05, 0.1) is 18.5 Å². The number of ether oxygens (including phenoxy) is 1. The maximum Gasteiger partial charge on any atom is 0.408 e. The fourth-order valence-electron chi connectivity index (χ4n) is 1.58. The molecule has 3 N–H and O–H groups in total. The van der Waals surface area contributed by atoms with E-state index in [4.69, 9.17) is 4.74 Å². The van der Waals surface area contributed by atoms with Gasteiger partial charge in [-0.3, -0.25) is 4.79 Å². The van der Waals surface area contributed by atoms with Crippen LogP contribution in [0.1, 0.15) is 41.5 Å². The fraction of sp³-hybridized carbons (Fsp3) is 0.667. The van der Waals surface area contributed by atoms with E-state index in [1.165, 1.54) is 6.33 Å². The zero-order chi connectivity index (χ0) is 17.8. The van der Waals surface area contributed by atoms with Gasteiger partial charge in [-0.05, 0) is 41.5 Å². The molecule has 0 aromatic carbocycles. The minimum Gasteiger partial charge on any atom is -0.444 e. The highest BCUT2D eigenvalue weighted by Crippen LogP contribution is 2.16. The van der Waals surface area contributed by atoms with Crippen LogP contribution in [0.4, 0.5) is 10.6 Å². The first-order chi connectivity index (χ1) is 10.4. The van der Waals surface area contributed by atoms with Gasteiger partial charge in [-0.1, -0.05) is 0 Å². The van der Waals surface area contributed by atoms with Crippen LogP contribution in [0.2, 0.25) is 0 Å². The molecule has 0 fully saturated rings. The van der Waals surface area contributed by atoms with Crippen LogP contribution in [0.15, 0.2) is 12.5 Å². The van der Waals surface area contributed by atoms with Crippen molar-refractivity contribution in [2.45, 2.75) is 58.7 Å². The van der Waals surface area contributed by atoms with Gasteiger partial charge >= 0.3 is 6.09 Å². The Morgan fingerprint density at radius 3 is 2.48 bits per heavy atom. The molecule has 0 aliphatic carbocycles. The molecule has 1 atom stereocenters. The Hall–Kier alpha value is -2.09. The number of carbonyl (C=O) groups excluding carboxylic acids is 2. The lowest BCUT2D eigenvalue weighted by atomic mass is 10.1. The van der Waals surface area contributed by atoms with Gasteiger partial charge in [0.1, 0.15) is 11.6 Å². The molecule has 23 heavy (non-hydrogen) atoms. The molecule has 0 saturated carbocycles. The highest BCUT2D eigenvalue weighted by Gasteiger charge is 2.23. The molecule has 0 radical (unpaired) electrons. The molecular weight excluding hydrogens is 300 g/mol. The SMILES string of the molecule is C[C@H](NC(=O)OC(C)(C)C)C(=O)Nc1cn(C(C)(C)CO)cn1. The minimum absolute atomic E-state index is 0.0622. The van der Waals surface area contributed by atoms with Crippen LogP contribution < -0.4 is 10.6 Å². The quantitative estimate of drug-likeness (QED) is 0.760. The number of imidazole rings is 1. The number of hydrogen-bond acceptors (Lipinski definition) is 5. The van der Waals surface area contributed by atoms with Gasteiger partial charge in [0, 0.05) is 6.20 Å². The number of nitrogens with one attached hydrogen (secondary N) is 2. The molecule has 0 saturated heterocycles. The zero-order valence-electron chi connectivity index (χ0n) is 14.5. The average molecular weight is 326 g/mol. The van der Waals surface area contributed by atoms with E-state index in [-0.39, 0.29) is 6.61 Å². The molecule has 0 spiro atoms. The van der Waals surface area contributed by atoms with Crippen LogP contribution in [0.25, 0.3) is 0 Å². The number of hydrogen-bond donors (Lipinski definition) is 3. The second-order valence-electron chi connectivity index (χ2n) is 6.99. The Morgan fingerprint density at radius 2 is 1.96 bits per heavy atom. The van der Waals surface area contributed by atoms with Crippen molar-refractivity contribution in [2.24, 2.45) is 0 Å². The first-order valence-electron chi connectivity index (χ1n) is 7.40. The van der Waals surface area contributed by atoms with E-state index in [0.717, 1.165) is 0 Å². The lowest BCUT2D eigenvalue weighted by molar-refractivity contribution is -0.117. The number of anilines is 1. The predicted molar refractivity (Wildman–Crippen MR) is 86.1 cm³/mol. The van der Waals surface area contributed by atoms with Crippen LogP contribution in [0.5, 0.6) is 0 Å². The molecule has 1 heterocycles. The van der Waals surface area contributed by atoms with Gasteiger partial charge in [0.25, 0.3) is 0 Å². The molecule has 0 aliphatic rings. The molecule has 2 amide bonds. The van der Waals surface area contributed by atoms with Crippen molar-refractivity contribution in [1.82, 2.24) is 14.9 Å². The fourth-order valence-corrected chi connectivity index (χ4v) is 1.58. The van der Waals surface area contributed by atoms with Crippen LogP contribution in [-0.4, -0.2) is 44.9 Å². The minimum atomic E-state index is -0.777. The number of rotatable bonds is 5. The van der Waals surface area contributed by atoms with Gasteiger partial charge in [0.2, 0.25) is 5.91 Å². The van der Waals surface area contributed by atoms with Crippen molar-refractivity contribution in [2.75, 3.05) is 11.9 Å². The Bertz CT molecular complexity index is 560. The number of aliphatic hydroxyl groups is 1. The monoisotopic (exact) mass is 326 g/mol. The third-order valence-electron chi connectivity index (χ3n) is 3.05. The molecule has 8 heteroatoms. The van der Waals surface area contributed by atoms with Crippen LogP contribution in [0.3, 0.4) is 0 Å². The smallest absolute Gasteiger partial charge is 0.408 e. The molecule has 0 bridgehead atoms. The van der Waals surface area contributed by atoms with Crippen molar-refractivity contribution >= 4 is 17.8 Å². The largest absolute Gasteiger partial charge is 0.444 e. The van der Waals surface area contributed by atoms with Crippen molar-refractivity contribution in [3.8, 4) is 0 Å². The number of aliphatic hydroxyl groups excluding tert-OH is 1. The number of aromatic nitrogens is 2. The summed E-state index contributed by atoms with van der Waals surface area (Å²) in [6, 6.07) is -0.777. The molecule has 0 unspecified atom stereocenters. The Morgan fingerprint density at radius 1 is 1.35 bits per heavy atom. The van der Waals surface area contributed by atoms with Crippen molar-refractivity contribution in [3.05, 3.63) is 12.5 Å². The van der Waals surface area contributed by atoms with E-state index in [1.54, 1.807) is 38.5 Å². The summed E-state index contributed by atoms with van der Waals surface area (Å²) in [4.78, 5) is 27.8. The summed E-state index contributed by atoms with van der Waals surface area (Å²) in [6.07, 6.45) is 2.48. The van der Waals surface area contributed by atoms with E-state index < -0.39 is 29.2 Å². The summed E-state index contributed by atoms with van der Waals surface area (Å²) in [5.74, 6) is -0.0720. The van der Waals surface area contributed by atoms with E-state index in [1.807, 2.05) is 13.8 Å². The van der Waals surface area contributed by atoms with Crippen LogP contribution in [0, 0.1) is 0 Å². The van der Waals surface area contributed by atoms with Gasteiger partial charge in [-0.15, -0.1) is 0 Å². The lowest BCUT2D eigenvalue weighted by Gasteiger charge is -2.23. The zero-order valence-corrected chi connectivity index (χ0v) is 14.5. The van der Waals surface area contributed by atoms with Crippen LogP contribution in [-0.2, 0) is 15.1 Å². The highest BCUT2D eigenvalue weighted by atomic mass is 16.6. The molecule has 8 nitrogen and oxygen atoms in total. The summed E-state index contributed by atoms with van der Waals surface area (Å²) in [5, 5.41) is 14.4. The predicted octanol–water partition coefficient (Wildman–Crippen LogP) is 1.46. The van der Waals surface area contributed by atoms with E-state index in [9.17, 15) is 14.7 Å². The van der Waals surface area contributed by atoms with E-state index in [0.29, 0.717) is 5.82 Å². The van der Waals surface area contributed by atoms with Crippen molar-refractivity contribution in [3.63, 3.8) is 0 Å². The summed E-state index contributed by atoms with van der Waals surface area (Å²) < 4.78 is 6.80. The standard InChI is InChI=1S/C15H26N4O4/c1-10(17-13(22)23-14(2,3)4)12(21)18-11-7-19(9-16-11)15(5,6)8-20/h7,9-10,20H,8H2,1-6H3,(H,17,22)(H,18,21)/t10-/m0/s1. The van der Waals surface area contributed by atoms with Gasteiger partial charge in [-0.2, -0.15) is 0 Å². The molecule has 0 aliphatic heterocycles. The summed E-state index contributed by atoms with van der Waals surface area (Å²) in [5.41, 5.74) is -1.15. The molecule has 1 aromatic rings. The average Bonchev–Trinajstić information content (AvgIpc) is 2.85. The second-order valence-corrected chi connectivity index (χ2v) is 6.99. The van der Waals surface area contributed by atoms with Crippen molar-refractivity contribution in [1.29, 1.82) is 0 Å². The normalized spacial score (nSPS) is 13.3. The molecule has 1 aromatic heterocycles. The topological polar surface area (TPSA) is 105 Å². The summed E-state index contributed by atoms with van der Waals surface area (Å²) >= 11 is 0.